The summed E-state index contributed by atoms with van der Waals surface area (Å²) in [7, 11) is 0. The number of thiophene rings is 1. The predicted molar refractivity (Wildman–Crippen MR) is 94.0 cm³/mol. The first-order chi connectivity index (χ1) is 11.1. The Balaban J connectivity index is 1.99. The molecule has 0 amide bonds. The first-order valence-electron chi connectivity index (χ1n) is 8.12. The van der Waals surface area contributed by atoms with Gasteiger partial charge >= 0.3 is 5.97 Å². The van der Waals surface area contributed by atoms with Gasteiger partial charge in [0.2, 0.25) is 0 Å². The van der Waals surface area contributed by atoms with Gasteiger partial charge in [-0.1, -0.05) is 23.8 Å². The second-order valence-electron chi connectivity index (χ2n) is 6.49. The number of carboxylic acid groups (broad SMARTS) is 1. The Hall–Kier alpha value is -1.65. The Kier molecular flexibility index (Phi) is 4.83. The molecule has 1 aromatic carbocycles. The molecule has 1 aliphatic rings. The van der Waals surface area contributed by atoms with Crippen molar-refractivity contribution in [3.63, 3.8) is 0 Å². The molecule has 0 aliphatic carbocycles. The zero-order valence-corrected chi connectivity index (χ0v) is 14.5. The van der Waals surface area contributed by atoms with Crippen LogP contribution in [0, 0.1) is 19.8 Å². The van der Waals surface area contributed by atoms with Gasteiger partial charge in [-0.2, -0.15) is 11.3 Å². The molecule has 0 saturated carbocycles. The molecule has 1 fully saturated rings. The van der Waals surface area contributed by atoms with Gasteiger partial charge in [0.1, 0.15) is 0 Å². The number of rotatable bonds is 4. The van der Waals surface area contributed by atoms with Crippen LogP contribution in [0.25, 0.3) is 0 Å². The van der Waals surface area contributed by atoms with Crippen LogP contribution in [0.2, 0.25) is 0 Å². The molecule has 1 aliphatic heterocycles. The molecule has 2 heterocycles. The number of carbonyl (C=O) groups is 1. The van der Waals surface area contributed by atoms with Gasteiger partial charge in [-0.15, -0.1) is 0 Å². The number of aryl methyl sites for hydroxylation is 2. The third-order valence-corrected chi connectivity index (χ3v) is 5.46. The van der Waals surface area contributed by atoms with Crippen molar-refractivity contribution in [3.8, 4) is 0 Å². The lowest BCUT2D eigenvalue weighted by atomic mass is 9.90. The van der Waals surface area contributed by atoms with Crippen LogP contribution < -0.4 is 0 Å². The summed E-state index contributed by atoms with van der Waals surface area (Å²) in [6.07, 6.45) is 1.73. The first kappa shape index (κ1) is 16.2. The van der Waals surface area contributed by atoms with E-state index in [1.165, 1.54) is 22.3 Å². The number of carboxylic acids is 1. The molecule has 3 rings (SSSR count). The van der Waals surface area contributed by atoms with Crippen molar-refractivity contribution in [2.24, 2.45) is 5.92 Å². The number of hydrogen-bond donors (Lipinski definition) is 1. The van der Waals surface area contributed by atoms with Crippen molar-refractivity contribution in [2.75, 3.05) is 13.1 Å². The second-order valence-corrected chi connectivity index (χ2v) is 7.27. The van der Waals surface area contributed by atoms with E-state index in [-0.39, 0.29) is 12.0 Å². The van der Waals surface area contributed by atoms with Gasteiger partial charge in [0.15, 0.2) is 0 Å². The summed E-state index contributed by atoms with van der Waals surface area (Å²) in [5, 5.41) is 13.7. The quantitative estimate of drug-likeness (QED) is 0.911. The molecule has 2 atom stereocenters. The Morgan fingerprint density at radius 2 is 2.17 bits per heavy atom. The number of hydrogen-bond acceptors (Lipinski definition) is 3. The monoisotopic (exact) mass is 329 g/mol. The molecule has 122 valence electrons. The van der Waals surface area contributed by atoms with Crippen molar-refractivity contribution in [3.05, 3.63) is 57.3 Å². The van der Waals surface area contributed by atoms with Crippen molar-refractivity contribution in [2.45, 2.75) is 32.7 Å². The first-order valence-corrected chi connectivity index (χ1v) is 9.06. The van der Waals surface area contributed by atoms with Crippen LogP contribution in [0.3, 0.4) is 0 Å². The van der Waals surface area contributed by atoms with Gasteiger partial charge < -0.3 is 5.11 Å². The number of benzene rings is 1. The van der Waals surface area contributed by atoms with Crippen LogP contribution in [0.4, 0.5) is 0 Å². The Bertz CT molecular complexity index is 681. The molecule has 2 unspecified atom stereocenters. The summed E-state index contributed by atoms with van der Waals surface area (Å²) in [5.74, 6) is -0.922. The maximum Gasteiger partial charge on any atom is 0.307 e. The maximum absolute atomic E-state index is 11.4. The molecule has 3 nitrogen and oxygen atoms in total. The van der Waals surface area contributed by atoms with E-state index >= 15 is 0 Å². The Labute approximate surface area is 141 Å². The van der Waals surface area contributed by atoms with E-state index in [2.05, 4.69) is 53.8 Å². The van der Waals surface area contributed by atoms with Gasteiger partial charge in [-0.25, -0.2) is 0 Å². The topological polar surface area (TPSA) is 40.5 Å². The summed E-state index contributed by atoms with van der Waals surface area (Å²) >= 11 is 1.70. The van der Waals surface area contributed by atoms with Gasteiger partial charge in [0, 0.05) is 6.54 Å². The molecule has 1 aromatic heterocycles. The predicted octanol–water partition coefficient (Wildman–Crippen LogP) is 4.25. The number of piperidine rings is 1. The molecular weight excluding hydrogens is 306 g/mol. The summed E-state index contributed by atoms with van der Waals surface area (Å²) in [4.78, 5) is 13.8. The number of likely N-dealkylation sites (tertiary alicyclic amines) is 1. The highest BCUT2D eigenvalue weighted by Gasteiger charge is 2.32. The molecule has 4 heteroatoms. The Morgan fingerprint density at radius 3 is 2.87 bits per heavy atom. The third-order valence-electron chi connectivity index (χ3n) is 4.76. The molecule has 1 saturated heterocycles. The lowest BCUT2D eigenvalue weighted by molar-refractivity contribution is -0.143. The zero-order chi connectivity index (χ0) is 16.4. The van der Waals surface area contributed by atoms with Gasteiger partial charge in [0.05, 0.1) is 12.0 Å². The number of nitrogens with zero attached hydrogens (tertiary/aromatic N) is 1. The molecular formula is C19H23NO2S. The average Bonchev–Trinajstić information content (AvgIpc) is 3.05. The number of aliphatic carboxylic acids is 1. The third kappa shape index (κ3) is 3.48. The van der Waals surface area contributed by atoms with Crippen LogP contribution in [-0.2, 0) is 4.79 Å². The van der Waals surface area contributed by atoms with Gasteiger partial charge in [-0.05, 0) is 66.8 Å². The fraction of sp³-hybridized carbons (Fsp3) is 0.421. The van der Waals surface area contributed by atoms with E-state index in [9.17, 15) is 9.90 Å². The van der Waals surface area contributed by atoms with Crippen LogP contribution in [0.1, 0.15) is 41.1 Å². The van der Waals surface area contributed by atoms with Gasteiger partial charge in [-0.3, -0.25) is 9.69 Å². The maximum atomic E-state index is 11.4. The molecule has 2 aromatic rings. The van der Waals surface area contributed by atoms with Crippen LogP contribution in [0.15, 0.2) is 35.0 Å². The molecule has 0 radical (unpaired) electrons. The van der Waals surface area contributed by atoms with E-state index in [0.717, 1.165) is 19.4 Å². The van der Waals surface area contributed by atoms with Crippen LogP contribution in [0.5, 0.6) is 0 Å². The second kappa shape index (κ2) is 6.85. The SMILES string of the molecule is Cc1ccc(C)c(C(c2ccsc2)N2CCCC(C(=O)O)C2)c1. The highest BCUT2D eigenvalue weighted by molar-refractivity contribution is 7.08. The van der Waals surface area contributed by atoms with E-state index in [1.807, 2.05) is 0 Å². The highest BCUT2D eigenvalue weighted by atomic mass is 32.1. The normalized spacial score (nSPS) is 20.3. The van der Waals surface area contributed by atoms with E-state index in [0.29, 0.717) is 6.54 Å². The van der Waals surface area contributed by atoms with Crippen LogP contribution >= 0.6 is 11.3 Å². The van der Waals surface area contributed by atoms with Crippen molar-refractivity contribution in [1.82, 2.24) is 4.90 Å². The minimum atomic E-state index is -0.667. The lowest BCUT2D eigenvalue weighted by Crippen LogP contribution is -2.41. The Morgan fingerprint density at radius 1 is 1.35 bits per heavy atom. The fourth-order valence-corrected chi connectivity index (χ4v) is 4.19. The van der Waals surface area contributed by atoms with Crippen LogP contribution in [-0.4, -0.2) is 29.1 Å². The minimum Gasteiger partial charge on any atom is -0.481 e. The molecule has 0 bridgehead atoms. The molecule has 1 N–H and O–H groups in total. The van der Waals surface area contributed by atoms with Crippen molar-refractivity contribution in [1.29, 1.82) is 0 Å². The molecule has 23 heavy (non-hydrogen) atoms. The summed E-state index contributed by atoms with van der Waals surface area (Å²) in [6.45, 7) is 5.84. The smallest absolute Gasteiger partial charge is 0.307 e. The molecule has 0 spiro atoms. The van der Waals surface area contributed by atoms with Crippen molar-refractivity contribution < 1.29 is 9.90 Å². The average molecular weight is 329 g/mol. The van der Waals surface area contributed by atoms with E-state index in [4.69, 9.17) is 0 Å². The summed E-state index contributed by atoms with van der Waals surface area (Å²) < 4.78 is 0. The van der Waals surface area contributed by atoms with Gasteiger partial charge in [0.25, 0.3) is 0 Å². The van der Waals surface area contributed by atoms with E-state index < -0.39 is 5.97 Å². The lowest BCUT2D eigenvalue weighted by Gasteiger charge is -2.38. The fourth-order valence-electron chi connectivity index (χ4n) is 3.51. The largest absolute Gasteiger partial charge is 0.481 e. The summed E-state index contributed by atoms with van der Waals surface area (Å²) in [6, 6.07) is 8.88. The standard InChI is InChI=1S/C19H23NO2S/c1-13-5-6-14(2)17(10-13)18(16-7-9-23-12-16)20-8-3-4-15(11-20)19(21)22/h5-7,9-10,12,15,18H,3-4,8,11H2,1-2H3,(H,21,22). The minimum absolute atomic E-state index is 0.156. The van der Waals surface area contributed by atoms with E-state index in [1.54, 1.807) is 11.3 Å². The van der Waals surface area contributed by atoms with Crippen molar-refractivity contribution >= 4 is 17.3 Å². The highest BCUT2D eigenvalue weighted by Crippen LogP contribution is 2.35. The zero-order valence-electron chi connectivity index (χ0n) is 13.7. The summed E-state index contributed by atoms with van der Waals surface area (Å²) in [5.41, 5.74) is 5.09.